The van der Waals surface area contributed by atoms with Gasteiger partial charge in [0, 0.05) is 24.7 Å². The van der Waals surface area contributed by atoms with Crippen LogP contribution in [0.5, 0.6) is 0 Å². The van der Waals surface area contributed by atoms with Crippen LogP contribution in [0.15, 0.2) is 36.5 Å². The first-order chi connectivity index (χ1) is 15.4. The van der Waals surface area contributed by atoms with Crippen LogP contribution in [-0.4, -0.2) is 40.0 Å². The number of hydrogen-bond donors (Lipinski definition) is 1. The van der Waals surface area contributed by atoms with Crippen molar-refractivity contribution in [2.75, 3.05) is 0 Å². The Bertz CT molecular complexity index is 1140. The molecule has 32 heavy (non-hydrogen) atoms. The fraction of sp³-hybridized carbons (Fsp3) is 0.458. The molecule has 3 aromatic heterocycles. The lowest BCUT2D eigenvalue weighted by atomic mass is 9.87. The second-order valence-electron chi connectivity index (χ2n) is 9.22. The minimum absolute atomic E-state index is 0.0354. The maximum Gasteiger partial charge on any atom is 0.196 e. The molecule has 168 valence electrons. The third kappa shape index (κ3) is 4.49. The average molecular weight is 433 g/mol. The number of nitrogens with zero attached hydrogens (tertiary/aromatic N) is 7. The monoisotopic (exact) mass is 432 g/mol. The normalized spacial score (nSPS) is 11.9. The number of rotatable bonds is 8. The van der Waals surface area contributed by atoms with Crippen molar-refractivity contribution in [2.24, 2.45) is 0 Å². The summed E-state index contributed by atoms with van der Waals surface area (Å²) in [5, 5.41) is 19.4. The molecule has 0 amide bonds. The third-order valence-electron chi connectivity index (χ3n) is 5.55. The van der Waals surface area contributed by atoms with Gasteiger partial charge < -0.3 is 4.57 Å². The van der Waals surface area contributed by atoms with Crippen LogP contribution in [0.2, 0.25) is 0 Å². The molecule has 8 nitrogen and oxygen atoms in total. The van der Waals surface area contributed by atoms with Crippen molar-refractivity contribution in [3.8, 4) is 17.2 Å². The van der Waals surface area contributed by atoms with Crippen LogP contribution in [0.25, 0.3) is 17.2 Å². The van der Waals surface area contributed by atoms with Crippen molar-refractivity contribution in [2.45, 2.75) is 72.3 Å². The van der Waals surface area contributed by atoms with Gasteiger partial charge in [-0.2, -0.15) is 5.10 Å². The number of nitrogens with one attached hydrogen (secondary N) is 1. The van der Waals surface area contributed by atoms with E-state index >= 15 is 0 Å². The third-order valence-corrected chi connectivity index (χ3v) is 5.55. The van der Waals surface area contributed by atoms with Gasteiger partial charge in [0.2, 0.25) is 0 Å². The Hall–Kier alpha value is -3.29. The van der Waals surface area contributed by atoms with Crippen molar-refractivity contribution < 1.29 is 0 Å². The van der Waals surface area contributed by atoms with Gasteiger partial charge in [0.15, 0.2) is 11.6 Å². The van der Waals surface area contributed by atoms with Crippen molar-refractivity contribution >= 4 is 0 Å². The smallest absolute Gasteiger partial charge is 0.196 e. The lowest BCUT2D eigenvalue weighted by Gasteiger charge is -2.20. The molecule has 0 unspecified atom stereocenters. The molecule has 0 atom stereocenters. The van der Waals surface area contributed by atoms with Gasteiger partial charge in [-0.05, 0) is 58.0 Å². The molecular weight excluding hydrogens is 400 g/mol. The van der Waals surface area contributed by atoms with Crippen LogP contribution in [0.3, 0.4) is 0 Å². The molecule has 0 aliphatic carbocycles. The van der Waals surface area contributed by atoms with E-state index in [9.17, 15) is 0 Å². The summed E-state index contributed by atoms with van der Waals surface area (Å²) < 4.78 is 4.20. The topological polar surface area (TPSA) is 90.1 Å². The first-order valence-corrected chi connectivity index (χ1v) is 11.4. The van der Waals surface area contributed by atoms with Crippen LogP contribution in [-0.2, 0) is 24.8 Å². The van der Waals surface area contributed by atoms with Crippen molar-refractivity contribution in [3.05, 3.63) is 59.3 Å². The maximum atomic E-state index is 4.75. The predicted molar refractivity (Wildman–Crippen MR) is 125 cm³/mol. The Kier molecular flexibility index (Phi) is 6.21. The first kappa shape index (κ1) is 21.9. The summed E-state index contributed by atoms with van der Waals surface area (Å²) in [6.07, 6.45) is 6.07. The van der Waals surface area contributed by atoms with E-state index in [1.54, 1.807) is 0 Å². The summed E-state index contributed by atoms with van der Waals surface area (Å²) in [7, 11) is 0. The Morgan fingerprint density at radius 2 is 1.72 bits per heavy atom. The highest BCUT2D eigenvalue weighted by atomic mass is 15.5. The standard InChI is InChI=1S/C24H32N8/c1-6-8-20-25-21(9-7-2)32(28-20)16-17-10-12-18(13-11-17)31-15-14-19(24(3,4)5)22(31)23-26-29-30-27-23/h10-15H,6-9,16H2,1-5H3,(H,26,27,29,30). The molecule has 4 rings (SSSR count). The Morgan fingerprint density at radius 3 is 2.34 bits per heavy atom. The molecule has 4 aromatic rings. The molecule has 0 aliphatic rings. The SMILES string of the molecule is CCCc1nc(CCC)n(Cc2ccc(-n3ccc(C(C)(C)C)c3-c3nnn[nH]3)cc2)n1. The summed E-state index contributed by atoms with van der Waals surface area (Å²) in [5.74, 6) is 2.68. The summed E-state index contributed by atoms with van der Waals surface area (Å²) in [5.41, 5.74) is 4.41. The summed E-state index contributed by atoms with van der Waals surface area (Å²) in [4.78, 5) is 4.74. The van der Waals surface area contributed by atoms with E-state index in [1.807, 2.05) is 0 Å². The van der Waals surface area contributed by atoms with Crippen LogP contribution < -0.4 is 0 Å². The van der Waals surface area contributed by atoms with Crippen LogP contribution in [0.1, 0.15) is 70.2 Å². The fourth-order valence-corrected chi connectivity index (χ4v) is 3.98. The van der Waals surface area contributed by atoms with E-state index in [2.05, 4.69) is 101 Å². The molecule has 1 N–H and O–H groups in total. The highest BCUT2D eigenvalue weighted by Gasteiger charge is 2.24. The second kappa shape index (κ2) is 9.06. The zero-order valence-electron chi connectivity index (χ0n) is 19.6. The van der Waals surface area contributed by atoms with Gasteiger partial charge in [-0.25, -0.2) is 14.8 Å². The minimum atomic E-state index is -0.0354. The van der Waals surface area contributed by atoms with Crippen molar-refractivity contribution in [1.82, 2.24) is 40.0 Å². The molecule has 0 spiro atoms. The van der Waals surface area contributed by atoms with Crippen molar-refractivity contribution in [3.63, 3.8) is 0 Å². The minimum Gasteiger partial charge on any atom is -0.313 e. The number of hydrogen-bond acceptors (Lipinski definition) is 5. The predicted octanol–water partition coefficient (Wildman–Crippen LogP) is 4.50. The second-order valence-corrected chi connectivity index (χ2v) is 9.22. The molecular formula is C24H32N8. The van der Waals surface area contributed by atoms with E-state index in [-0.39, 0.29) is 5.41 Å². The molecule has 1 aromatic carbocycles. The molecule has 0 radical (unpaired) electrons. The summed E-state index contributed by atoms with van der Waals surface area (Å²) in [6.45, 7) is 11.7. The van der Waals surface area contributed by atoms with Gasteiger partial charge in [-0.15, -0.1) is 5.10 Å². The van der Waals surface area contributed by atoms with Crippen LogP contribution in [0, 0.1) is 0 Å². The Labute approximate surface area is 189 Å². The van der Waals surface area contributed by atoms with Gasteiger partial charge in [0.1, 0.15) is 5.82 Å². The largest absolute Gasteiger partial charge is 0.313 e. The van der Waals surface area contributed by atoms with Gasteiger partial charge >= 0.3 is 0 Å². The first-order valence-electron chi connectivity index (χ1n) is 11.4. The number of benzene rings is 1. The number of aryl methyl sites for hydroxylation is 2. The number of aromatic amines is 1. The zero-order chi connectivity index (χ0) is 22.7. The van der Waals surface area contributed by atoms with E-state index in [0.717, 1.165) is 55.3 Å². The Morgan fingerprint density at radius 1 is 0.969 bits per heavy atom. The number of H-pyrrole nitrogens is 1. The molecule has 0 fully saturated rings. The lowest BCUT2D eigenvalue weighted by molar-refractivity contribution is 0.591. The van der Waals surface area contributed by atoms with Gasteiger partial charge in [-0.1, -0.05) is 46.8 Å². The van der Waals surface area contributed by atoms with E-state index in [1.165, 1.54) is 11.1 Å². The van der Waals surface area contributed by atoms with E-state index < -0.39 is 0 Å². The molecule has 8 heteroatoms. The molecule has 3 heterocycles. The lowest BCUT2D eigenvalue weighted by Crippen LogP contribution is -2.13. The van der Waals surface area contributed by atoms with Crippen LogP contribution >= 0.6 is 0 Å². The van der Waals surface area contributed by atoms with E-state index in [0.29, 0.717) is 5.82 Å². The van der Waals surface area contributed by atoms with Gasteiger partial charge in [0.05, 0.1) is 12.2 Å². The number of aromatic nitrogens is 8. The molecule has 0 saturated carbocycles. The molecule has 0 saturated heterocycles. The summed E-state index contributed by atoms with van der Waals surface area (Å²) >= 11 is 0. The quantitative estimate of drug-likeness (QED) is 0.443. The van der Waals surface area contributed by atoms with Crippen LogP contribution in [0.4, 0.5) is 0 Å². The molecule has 0 aliphatic heterocycles. The van der Waals surface area contributed by atoms with Gasteiger partial charge in [-0.3, -0.25) is 0 Å². The highest BCUT2D eigenvalue weighted by molar-refractivity contribution is 5.62. The average Bonchev–Trinajstić information content (AvgIpc) is 3.48. The maximum absolute atomic E-state index is 4.75. The van der Waals surface area contributed by atoms with Gasteiger partial charge in [0.25, 0.3) is 0 Å². The molecule has 0 bridgehead atoms. The fourth-order valence-electron chi connectivity index (χ4n) is 3.98. The highest BCUT2D eigenvalue weighted by Crippen LogP contribution is 2.34. The number of tetrazole rings is 1. The summed E-state index contributed by atoms with van der Waals surface area (Å²) in [6, 6.07) is 10.7. The van der Waals surface area contributed by atoms with E-state index in [4.69, 9.17) is 10.1 Å². The Balaban J connectivity index is 1.64. The zero-order valence-corrected chi connectivity index (χ0v) is 19.6. The van der Waals surface area contributed by atoms with Crippen molar-refractivity contribution in [1.29, 1.82) is 0 Å².